The Morgan fingerprint density at radius 3 is 2.32 bits per heavy atom. The third kappa shape index (κ3) is 9.23. The van der Waals surface area contributed by atoms with Crippen LogP contribution < -0.4 is 10.6 Å². The molecule has 5 atom stereocenters. The molecule has 0 spiro atoms. The summed E-state index contributed by atoms with van der Waals surface area (Å²) in [5.41, 5.74) is -0.768. The first kappa shape index (κ1) is 29.9. The van der Waals surface area contributed by atoms with Gasteiger partial charge in [-0.15, -0.1) is 0 Å². The fraction of sp³-hybridized carbons (Fsp3) is 0.810. The Bertz CT molecular complexity index is 799. The van der Waals surface area contributed by atoms with Gasteiger partial charge in [-0.1, -0.05) is 19.8 Å². The number of likely N-dealkylation sites (tertiary alicyclic amines) is 1. The molecule has 1 saturated heterocycles. The van der Waals surface area contributed by atoms with Crippen LogP contribution in [0.5, 0.6) is 0 Å². The lowest BCUT2D eigenvalue weighted by atomic mass is 10.2. The summed E-state index contributed by atoms with van der Waals surface area (Å²) >= 11 is 0. The van der Waals surface area contributed by atoms with Crippen LogP contribution in [0.1, 0.15) is 73.6 Å². The monoisotopic (exact) mass is 507 g/mol. The predicted molar refractivity (Wildman–Crippen MR) is 123 cm³/mol. The minimum Gasteiger partial charge on any atom is -0.480 e. The molecule has 0 bridgehead atoms. The zero-order valence-corrected chi connectivity index (χ0v) is 21.6. The van der Waals surface area contributed by atoms with Crippen molar-refractivity contribution < 1.29 is 43.0 Å². The van der Waals surface area contributed by atoms with Crippen molar-refractivity contribution in [2.24, 2.45) is 0 Å². The third-order valence-corrected chi connectivity index (χ3v) is 6.93. The molecular formula is C21H38N3O9P. The van der Waals surface area contributed by atoms with E-state index in [4.69, 9.17) is 9.26 Å². The van der Waals surface area contributed by atoms with Gasteiger partial charge in [0.1, 0.15) is 29.6 Å². The summed E-state index contributed by atoms with van der Waals surface area (Å²) in [4.78, 5) is 60.3. The van der Waals surface area contributed by atoms with E-state index in [1.54, 1.807) is 20.8 Å². The maximum atomic E-state index is 13.1. The Balaban J connectivity index is 2.87. The molecular weight excluding hydrogens is 469 g/mol. The molecule has 1 aliphatic rings. The van der Waals surface area contributed by atoms with Gasteiger partial charge >= 0.3 is 19.7 Å². The van der Waals surface area contributed by atoms with E-state index in [-0.39, 0.29) is 13.0 Å². The van der Waals surface area contributed by atoms with Crippen molar-refractivity contribution in [3.05, 3.63) is 0 Å². The van der Waals surface area contributed by atoms with Crippen molar-refractivity contribution >= 4 is 31.5 Å². The van der Waals surface area contributed by atoms with Gasteiger partial charge in [0.15, 0.2) is 0 Å². The number of rotatable bonds is 11. The summed E-state index contributed by atoms with van der Waals surface area (Å²) in [6, 6.07) is -2.08. The molecule has 1 heterocycles. The minimum absolute atomic E-state index is 0.0948. The zero-order valence-electron chi connectivity index (χ0n) is 20.7. The van der Waals surface area contributed by atoms with Crippen molar-refractivity contribution in [3.8, 4) is 0 Å². The van der Waals surface area contributed by atoms with Crippen LogP contribution in [0.4, 0.5) is 4.79 Å². The second-order valence-corrected chi connectivity index (χ2v) is 11.3. The number of carbonyl (C=O) groups is 4. The topological polar surface area (TPSA) is 172 Å². The van der Waals surface area contributed by atoms with Gasteiger partial charge in [0.05, 0.1) is 0 Å². The number of alkyl carbamates (subject to hydrolysis) is 1. The van der Waals surface area contributed by atoms with Crippen molar-refractivity contribution in [2.75, 3.05) is 6.54 Å². The van der Waals surface area contributed by atoms with E-state index in [1.807, 2.05) is 6.92 Å². The molecule has 12 nitrogen and oxygen atoms in total. The Kier molecular flexibility index (Phi) is 11.0. The highest BCUT2D eigenvalue weighted by Crippen LogP contribution is 2.49. The lowest BCUT2D eigenvalue weighted by molar-refractivity contribution is -0.151. The molecule has 3 amide bonds. The number of carboxylic acid groups (broad SMARTS) is 1. The number of nitrogens with zero attached hydrogens (tertiary/aromatic N) is 1. The summed E-state index contributed by atoms with van der Waals surface area (Å²) in [5, 5.41) is 14.1. The molecule has 13 heteroatoms. The number of hydrogen-bond donors (Lipinski definition) is 4. The molecule has 0 aliphatic carbocycles. The second-order valence-electron chi connectivity index (χ2n) is 9.37. The smallest absolute Gasteiger partial charge is 0.408 e. The van der Waals surface area contributed by atoms with E-state index >= 15 is 0 Å². The molecule has 0 aromatic rings. The zero-order chi connectivity index (χ0) is 26.3. The maximum Gasteiger partial charge on any atom is 0.408 e. The molecule has 4 N–H and O–H groups in total. The highest BCUT2D eigenvalue weighted by Gasteiger charge is 2.41. The summed E-state index contributed by atoms with van der Waals surface area (Å²) in [5.74, 6) is -3.91. The third-order valence-electron chi connectivity index (χ3n) is 5.14. The molecule has 196 valence electrons. The summed E-state index contributed by atoms with van der Waals surface area (Å²) in [6.07, 6.45) is -0.164. The van der Waals surface area contributed by atoms with Crippen molar-refractivity contribution in [3.63, 3.8) is 0 Å². The first-order valence-corrected chi connectivity index (χ1v) is 13.1. The number of amides is 3. The van der Waals surface area contributed by atoms with Gasteiger partial charge in [0.25, 0.3) is 5.91 Å². The lowest BCUT2D eigenvalue weighted by Crippen LogP contribution is -2.49. The Morgan fingerprint density at radius 1 is 1.18 bits per heavy atom. The van der Waals surface area contributed by atoms with Crippen LogP contribution in [-0.4, -0.2) is 74.9 Å². The fourth-order valence-corrected chi connectivity index (χ4v) is 4.91. The van der Waals surface area contributed by atoms with Gasteiger partial charge in [-0.2, -0.15) is 0 Å². The molecule has 1 rings (SSSR count). The van der Waals surface area contributed by atoms with E-state index < -0.39 is 61.0 Å². The Labute approximate surface area is 200 Å². The largest absolute Gasteiger partial charge is 0.480 e. The van der Waals surface area contributed by atoms with Crippen LogP contribution in [0.15, 0.2) is 0 Å². The number of carbonyl (C=O) groups excluding carboxylic acids is 3. The minimum atomic E-state index is -4.56. The van der Waals surface area contributed by atoms with Crippen molar-refractivity contribution in [1.82, 2.24) is 15.5 Å². The van der Waals surface area contributed by atoms with Crippen LogP contribution in [0.3, 0.4) is 0 Å². The lowest BCUT2D eigenvalue weighted by Gasteiger charge is -2.29. The first-order chi connectivity index (χ1) is 15.6. The molecule has 2 unspecified atom stereocenters. The van der Waals surface area contributed by atoms with Crippen LogP contribution in [0.2, 0.25) is 0 Å². The fourth-order valence-electron chi connectivity index (χ4n) is 3.42. The number of unbranched alkanes of at least 4 members (excludes halogenated alkanes) is 1. The average molecular weight is 508 g/mol. The number of ether oxygens (including phenoxy) is 1. The first-order valence-electron chi connectivity index (χ1n) is 11.4. The quantitative estimate of drug-likeness (QED) is 0.306. The van der Waals surface area contributed by atoms with Crippen LogP contribution in [0.25, 0.3) is 0 Å². The molecule has 0 saturated carbocycles. The van der Waals surface area contributed by atoms with Gasteiger partial charge in [0, 0.05) is 6.54 Å². The Morgan fingerprint density at radius 2 is 1.79 bits per heavy atom. The SMILES string of the molecule is CCCC[C@@H](NC(=O)[C@H](C)NC(=O)OC(C)(C)C)P(=O)(O)OC(C)C(=O)N1CCC[C@H]1C(=O)O. The van der Waals surface area contributed by atoms with Gasteiger partial charge < -0.3 is 30.3 Å². The van der Waals surface area contributed by atoms with E-state index in [9.17, 15) is 33.7 Å². The summed E-state index contributed by atoms with van der Waals surface area (Å²) in [6.45, 7) is 9.74. The molecule has 1 fully saturated rings. The molecule has 0 aromatic heterocycles. The molecule has 0 aromatic carbocycles. The highest BCUT2D eigenvalue weighted by molar-refractivity contribution is 7.53. The van der Waals surface area contributed by atoms with Gasteiger partial charge in [-0.25, -0.2) is 9.59 Å². The van der Waals surface area contributed by atoms with E-state index in [0.29, 0.717) is 25.7 Å². The van der Waals surface area contributed by atoms with Crippen LogP contribution in [-0.2, 0) is 28.2 Å². The number of hydrogen-bond acceptors (Lipinski definition) is 7. The van der Waals surface area contributed by atoms with Gasteiger partial charge in [-0.05, 0) is 53.9 Å². The van der Waals surface area contributed by atoms with Crippen LogP contribution in [0, 0.1) is 0 Å². The molecule has 34 heavy (non-hydrogen) atoms. The van der Waals surface area contributed by atoms with Crippen molar-refractivity contribution in [1.29, 1.82) is 0 Å². The second kappa shape index (κ2) is 12.5. The summed E-state index contributed by atoms with van der Waals surface area (Å²) in [7, 11) is -4.56. The number of carboxylic acids is 1. The maximum absolute atomic E-state index is 13.1. The molecule has 0 radical (unpaired) electrons. The van der Waals surface area contributed by atoms with Gasteiger partial charge in [-0.3, -0.25) is 18.7 Å². The van der Waals surface area contributed by atoms with Gasteiger partial charge in [0.2, 0.25) is 5.91 Å². The average Bonchev–Trinajstić information content (AvgIpc) is 3.18. The Hall–Kier alpha value is -2.17. The number of nitrogens with one attached hydrogen (secondary N) is 2. The van der Waals surface area contributed by atoms with E-state index in [0.717, 1.165) is 4.90 Å². The highest BCUT2D eigenvalue weighted by atomic mass is 31.2. The normalized spacial score (nSPS) is 20.6. The van der Waals surface area contributed by atoms with Crippen LogP contribution >= 0.6 is 7.60 Å². The van der Waals surface area contributed by atoms with Crippen molar-refractivity contribution in [2.45, 2.75) is 103 Å². The molecule has 1 aliphatic heterocycles. The summed E-state index contributed by atoms with van der Waals surface area (Å²) < 4.78 is 23.4. The standard InChI is InChI=1S/C21H38N3O9P/c1-7-8-11-16(23-17(25)13(2)22-20(29)32-21(4,5)6)34(30,31)33-14(3)18(26)24-12-9-10-15(24)19(27)28/h13-16H,7-12H2,1-6H3,(H,22,29)(H,23,25)(H,27,28)(H,30,31)/t13-,14?,15-,16-/m0/s1. The van der Waals surface area contributed by atoms with E-state index in [2.05, 4.69) is 10.6 Å². The predicted octanol–water partition coefficient (Wildman–Crippen LogP) is 2.20. The number of aliphatic carboxylic acids is 1. The van der Waals surface area contributed by atoms with E-state index in [1.165, 1.54) is 13.8 Å².